The van der Waals surface area contributed by atoms with Gasteiger partial charge in [0.1, 0.15) is 0 Å². The predicted molar refractivity (Wildman–Crippen MR) is 16.9 cm³/mol. The van der Waals surface area contributed by atoms with Crippen LogP contribution in [0.5, 0.6) is 0 Å². The summed E-state index contributed by atoms with van der Waals surface area (Å²) in [6.45, 7) is 0. The molecule has 0 aromatic carbocycles. The molecule has 40 valence electrons. The normalized spacial score (nSPS) is 3.00. The molecule has 0 aliphatic carbocycles. The molecule has 0 N–H and O–H groups in total. The van der Waals surface area contributed by atoms with Crippen LogP contribution in [0.1, 0.15) is 0 Å². The number of carbonyl (C=O) groups is 1. The Hall–Kier alpha value is 2.37. The van der Waals surface area contributed by atoms with E-state index >= 15 is 0 Å². The van der Waals surface area contributed by atoms with Gasteiger partial charge in [-0.2, -0.15) is 0 Å². The smallest absolute Gasteiger partial charge is 1.00 e. The molecule has 0 radical (unpaired) electrons. The van der Waals surface area contributed by atoms with E-state index in [-0.39, 0.29) is 100 Å². The van der Waals surface area contributed by atoms with Crippen LogP contribution in [-0.4, -0.2) is 81.6 Å². The summed E-state index contributed by atoms with van der Waals surface area (Å²) >= 11 is 0. The van der Waals surface area contributed by atoms with Gasteiger partial charge in [-0.15, -0.1) is 0 Å². The third kappa shape index (κ3) is 81.0. The Morgan fingerprint density at radius 2 is 1.00 bits per heavy atom. The fourth-order valence-corrected chi connectivity index (χ4v) is 0. The van der Waals surface area contributed by atoms with Gasteiger partial charge in [-0.3, -0.25) is 0 Å². The average molecular weight is 211 g/mol. The van der Waals surface area contributed by atoms with Crippen molar-refractivity contribution >= 4 is 81.6 Å². The number of hydrogen-bond donors (Lipinski definition) is 0. The zero-order valence-electron chi connectivity index (χ0n) is 3.89. The van der Waals surface area contributed by atoms with E-state index in [2.05, 4.69) is 0 Å². The molecular formula is CCa2Cl2O3. The minimum atomic E-state index is -2.33. The fraction of sp³-hybridized carbons (Fsp3) is 0. The van der Waals surface area contributed by atoms with Gasteiger partial charge in [0.05, 0.1) is 0 Å². The van der Waals surface area contributed by atoms with Crippen molar-refractivity contribution in [3.63, 3.8) is 0 Å². The van der Waals surface area contributed by atoms with E-state index in [1.54, 1.807) is 0 Å². The molecule has 0 aliphatic heterocycles. The Labute approximate surface area is 119 Å². The van der Waals surface area contributed by atoms with E-state index in [4.69, 9.17) is 15.0 Å². The van der Waals surface area contributed by atoms with Crippen LogP contribution >= 0.6 is 0 Å². The molecule has 0 saturated carbocycles. The van der Waals surface area contributed by atoms with Crippen LogP contribution in [0.15, 0.2) is 0 Å². The standard InChI is InChI=1S/CH2O3.2Ca.2ClH/c2-1(3)4;;;;/h(H2,2,3,4);;;2*1H/q;2*+2;;/p-4. The average Bonchev–Trinajstić information content (AvgIpc) is 0.811. The first-order chi connectivity index (χ1) is 1.73. The van der Waals surface area contributed by atoms with Gasteiger partial charge in [0.25, 0.3) is 0 Å². The van der Waals surface area contributed by atoms with Crippen LogP contribution in [0.25, 0.3) is 0 Å². The van der Waals surface area contributed by atoms with Gasteiger partial charge >= 0.3 is 75.5 Å². The van der Waals surface area contributed by atoms with E-state index in [0.29, 0.717) is 0 Å². The monoisotopic (exact) mass is 210 g/mol. The summed E-state index contributed by atoms with van der Waals surface area (Å²) in [5.74, 6) is 0. The molecular weight excluding hydrogens is 211 g/mol. The van der Waals surface area contributed by atoms with Gasteiger partial charge in [0.15, 0.2) is 0 Å². The summed E-state index contributed by atoms with van der Waals surface area (Å²) in [4.78, 5) is 8.33. The van der Waals surface area contributed by atoms with Gasteiger partial charge in [-0.1, -0.05) is 0 Å². The number of carboxylic acid groups (broad SMARTS) is 2. The quantitative estimate of drug-likeness (QED) is 0.374. The first kappa shape index (κ1) is 31.6. The maximum Gasteiger partial charge on any atom is 2.00 e. The van der Waals surface area contributed by atoms with Crippen LogP contribution < -0.4 is 35.0 Å². The van der Waals surface area contributed by atoms with Gasteiger partial charge in [-0.25, -0.2) is 0 Å². The number of rotatable bonds is 0. The van der Waals surface area contributed by atoms with Crippen molar-refractivity contribution < 1.29 is 39.8 Å². The molecule has 0 atom stereocenters. The van der Waals surface area contributed by atoms with Crippen molar-refractivity contribution in [1.29, 1.82) is 0 Å². The van der Waals surface area contributed by atoms with Gasteiger partial charge < -0.3 is 39.8 Å². The molecule has 0 spiro atoms. The largest absolute Gasteiger partial charge is 2.00 e. The molecule has 8 heavy (non-hydrogen) atoms. The molecule has 0 unspecified atom stereocenters. The molecule has 0 saturated heterocycles. The second-order valence-corrected chi connectivity index (χ2v) is 0.250. The van der Waals surface area contributed by atoms with E-state index in [1.165, 1.54) is 0 Å². The third-order valence-electron chi connectivity index (χ3n) is 0. The van der Waals surface area contributed by atoms with Crippen LogP contribution in [0, 0.1) is 0 Å². The van der Waals surface area contributed by atoms with E-state index in [1.807, 2.05) is 0 Å². The first-order valence-corrected chi connectivity index (χ1v) is 0.612. The number of hydrogen-bond acceptors (Lipinski definition) is 3. The summed E-state index contributed by atoms with van der Waals surface area (Å²) in [7, 11) is 0. The van der Waals surface area contributed by atoms with Crippen molar-refractivity contribution in [3.8, 4) is 0 Å². The van der Waals surface area contributed by atoms with Crippen molar-refractivity contribution in [1.82, 2.24) is 0 Å². The zero-order valence-corrected chi connectivity index (χ0v) is 9.82. The van der Waals surface area contributed by atoms with Crippen molar-refractivity contribution in [2.75, 3.05) is 0 Å². The van der Waals surface area contributed by atoms with E-state index in [9.17, 15) is 0 Å². The molecule has 0 aliphatic rings. The molecule has 0 heterocycles. The van der Waals surface area contributed by atoms with Crippen LogP contribution in [-0.2, 0) is 0 Å². The maximum absolute atomic E-state index is 8.33. The number of halogens is 2. The van der Waals surface area contributed by atoms with Crippen molar-refractivity contribution in [2.24, 2.45) is 0 Å². The molecule has 3 nitrogen and oxygen atoms in total. The Bertz CT molecular complexity index is 38.3. The summed E-state index contributed by atoms with van der Waals surface area (Å²) in [6, 6.07) is 0. The van der Waals surface area contributed by atoms with Crippen LogP contribution in [0.2, 0.25) is 0 Å². The SMILES string of the molecule is O=C([O-])[O-].[Ca+2].[Ca+2].[Cl-].[Cl-]. The zero-order chi connectivity index (χ0) is 3.58. The van der Waals surface area contributed by atoms with E-state index < -0.39 is 6.16 Å². The molecule has 7 heteroatoms. The summed E-state index contributed by atoms with van der Waals surface area (Å²) in [5.41, 5.74) is 0. The van der Waals surface area contributed by atoms with Crippen LogP contribution in [0.3, 0.4) is 0 Å². The fourth-order valence-electron chi connectivity index (χ4n) is 0. The third-order valence-corrected chi connectivity index (χ3v) is 0. The molecule has 0 rings (SSSR count). The number of carbonyl (C=O) groups excluding carboxylic acids is 1. The predicted octanol–water partition coefficient (Wildman–Crippen LogP) is -9.20. The molecule has 0 aromatic rings. The molecule has 0 amide bonds. The minimum Gasteiger partial charge on any atom is -1.00 e. The van der Waals surface area contributed by atoms with Crippen molar-refractivity contribution in [3.05, 3.63) is 0 Å². The maximum atomic E-state index is 8.33. The minimum absolute atomic E-state index is 0. The topological polar surface area (TPSA) is 63.2 Å². The molecule has 0 bridgehead atoms. The molecule has 0 aromatic heterocycles. The summed E-state index contributed by atoms with van der Waals surface area (Å²) < 4.78 is 0. The Morgan fingerprint density at radius 3 is 1.00 bits per heavy atom. The van der Waals surface area contributed by atoms with E-state index in [0.717, 1.165) is 0 Å². The Morgan fingerprint density at radius 1 is 1.00 bits per heavy atom. The first-order valence-electron chi connectivity index (χ1n) is 0.612. The summed E-state index contributed by atoms with van der Waals surface area (Å²) in [5, 5.41) is 16.7. The van der Waals surface area contributed by atoms with Gasteiger partial charge in [-0.05, 0) is 6.16 Å². The van der Waals surface area contributed by atoms with Gasteiger partial charge in [0.2, 0.25) is 0 Å². The van der Waals surface area contributed by atoms with Crippen LogP contribution in [0.4, 0.5) is 4.79 Å². The second-order valence-electron chi connectivity index (χ2n) is 0.250. The summed E-state index contributed by atoms with van der Waals surface area (Å²) in [6.07, 6.45) is -2.33. The second kappa shape index (κ2) is 22.8. The molecule has 0 fully saturated rings. The Kier molecular flexibility index (Phi) is 89.8. The Balaban J connectivity index is -0.00000000750. The van der Waals surface area contributed by atoms with Gasteiger partial charge in [0, 0.05) is 0 Å². The van der Waals surface area contributed by atoms with Crippen molar-refractivity contribution in [2.45, 2.75) is 0 Å².